The van der Waals surface area contributed by atoms with Crippen LogP contribution in [0.5, 0.6) is 0 Å². The molecule has 0 aliphatic carbocycles. The largest absolute Gasteiger partial charge is 0.462 e. The molecule has 3 aromatic rings. The number of rotatable bonds is 7. The topological polar surface area (TPSA) is 85.5 Å². The van der Waals surface area contributed by atoms with Crippen molar-refractivity contribution < 1.29 is 18.0 Å². The Hall–Kier alpha value is -3.09. The van der Waals surface area contributed by atoms with Crippen LogP contribution in [0.4, 0.5) is 0 Å². The Labute approximate surface area is 144 Å². The molecule has 1 amide bonds. The lowest BCUT2D eigenvalue weighted by Crippen LogP contribution is -2.29. The second-order valence-corrected chi connectivity index (χ2v) is 5.52. The first-order valence-corrected chi connectivity index (χ1v) is 8.05. The molecule has 0 atom stereocenters. The fourth-order valence-electron chi connectivity index (χ4n) is 2.32. The van der Waals surface area contributed by atoms with Crippen LogP contribution in [0.3, 0.4) is 0 Å². The summed E-state index contributed by atoms with van der Waals surface area (Å²) in [5, 5.41) is 7.93. The lowest BCUT2D eigenvalue weighted by atomic mass is 10.3. The molecule has 0 saturated carbocycles. The van der Waals surface area contributed by atoms with Gasteiger partial charge in [0.1, 0.15) is 11.5 Å². The van der Waals surface area contributed by atoms with E-state index in [4.69, 9.17) is 13.3 Å². The van der Waals surface area contributed by atoms with Crippen LogP contribution in [0.25, 0.3) is 17.7 Å². The highest BCUT2D eigenvalue weighted by Gasteiger charge is 2.16. The number of hydrogen-bond donors (Lipinski definition) is 0. The van der Waals surface area contributed by atoms with Gasteiger partial charge in [-0.25, -0.2) is 0 Å². The van der Waals surface area contributed by atoms with Crippen molar-refractivity contribution in [2.75, 3.05) is 6.54 Å². The molecule has 0 bridgehead atoms. The summed E-state index contributed by atoms with van der Waals surface area (Å²) in [5.74, 6) is 2.45. The summed E-state index contributed by atoms with van der Waals surface area (Å²) in [6, 6.07) is 7.15. The third-order valence-electron chi connectivity index (χ3n) is 3.48. The van der Waals surface area contributed by atoms with Crippen LogP contribution >= 0.6 is 0 Å². The molecule has 0 unspecified atom stereocenters. The van der Waals surface area contributed by atoms with E-state index in [1.807, 2.05) is 26.0 Å². The van der Waals surface area contributed by atoms with Crippen molar-refractivity contribution in [3.63, 3.8) is 0 Å². The number of carbonyl (C=O) groups is 1. The Balaban J connectivity index is 1.68. The fraction of sp³-hybridized carbons (Fsp3) is 0.278. The number of nitrogens with zero attached hydrogens (tertiary/aromatic N) is 3. The third-order valence-corrected chi connectivity index (χ3v) is 3.48. The van der Waals surface area contributed by atoms with Crippen LogP contribution in [-0.4, -0.2) is 27.5 Å². The van der Waals surface area contributed by atoms with Crippen LogP contribution in [0.1, 0.15) is 30.8 Å². The highest BCUT2D eigenvalue weighted by Crippen LogP contribution is 2.18. The minimum absolute atomic E-state index is 0.145. The van der Waals surface area contributed by atoms with E-state index >= 15 is 0 Å². The van der Waals surface area contributed by atoms with Crippen molar-refractivity contribution in [2.24, 2.45) is 0 Å². The molecule has 0 aliphatic heterocycles. The van der Waals surface area contributed by atoms with Gasteiger partial charge in [-0.2, -0.15) is 0 Å². The molecular weight excluding hydrogens is 322 g/mol. The maximum absolute atomic E-state index is 12.4. The summed E-state index contributed by atoms with van der Waals surface area (Å²) >= 11 is 0. The summed E-state index contributed by atoms with van der Waals surface area (Å²) in [4.78, 5) is 14.1. The van der Waals surface area contributed by atoms with Crippen LogP contribution in [0, 0.1) is 6.92 Å². The van der Waals surface area contributed by atoms with E-state index in [1.54, 1.807) is 23.1 Å². The van der Waals surface area contributed by atoms with Gasteiger partial charge in [0, 0.05) is 12.6 Å². The van der Waals surface area contributed by atoms with Gasteiger partial charge in [-0.15, -0.1) is 10.2 Å². The summed E-state index contributed by atoms with van der Waals surface area (Å²) < 4.78 is 16.2. The van der Waals surface area contributed by atoms with Gasteiger partial charge in [0.25, 0.3) is 5.89 Å². The van der Waals surface area contributed by atoms with Gasteiger partial charge in [-0.05, 0) is 43.7 Å². The van der Waals surface area contributed by atoms with Gasteiger partial charge in [-0.1, -0.05) is 6.92 Å². The minimum atomic E-state index is -0.145. The van der Waals surface area contributed by atoms with Crippen molar-refractivity contribution >= 4 is 12.0 Å². The number of amides is 1. The first-order chi connectivity index (χ1) is 12.2. The van der Waals surface area contributed by atoms with Gasteiger partial charge in [0.05, 0.1) is 12.8 Å². The zero-order chi connectivity index (χ0) is 17.6. The van der Waals surface area contributed by atoms with Crippen LogP contribution in [0.2, 0.25) is 0 Å². The van der Waals surface area contributed by atoms with Crippen molar-refractivity contribution in [1.82, 2.24) is 15.1 Å². The predicted octanol–water partition coefficient (Wildman–Crippen LogP) is 3.68. The van der Waals surface area contributed by atoms with Crippen molar-refractivity contribution in [3.8, 4) is 11.7 Å². The predicted molar refractivity (Wildman–Crippen MR) is 90.2 cm³/mol. The molecule has 3 heterocycles. The monoisotopic (exact) mass is 341 g/mol. The van der Waals surface area contributed by atoms with Crippen molar-refractivity contribution in [2.45, 2.75) is 26.8 Å². The summed E-state index contributed by atoms with van der Waals surface area (Å²) in [6.07, 6.45) is 5.49. The molecule has 130 valence electrons. The number of furan rings is 2. The molecule has 25 heavy (non-hydrogen) atoms. The molecule has 7 heteroatoms. The van der Waals surface area contributed by atoms with Crippen molar-refractivity contribution in [3.05, 3.63) is 54.0 Å². The Morgan fingerprint density at radius 2 is 2.12 bits per heavy atom. The smallest absolute Gasteiger partial charge is 0.283 e. The van der Waals surface area contributed by atoms with Gasteiger partial charge in [-0.3, -0.25) is 4.79 Å². The molecular formula is C18H19N3O4. The van der Waals surface area contributed by atoms with Gasteiger partial charge < -0.3 is 18.2 Å². The molecule has 0 N–H and O–H groups in total. The van der Waals surface area contributed by atoms with Crippen LogP contribution in [-0.2, 0) is 11.3 Å². The lowest BCUT2D eigenvalue weighted by molar-refractivity contribution is -0.126. The van der Waals surface area contributed by atoms with Crippen LogP contribution in [0.15, 0.2) is 49.9 Å². The number of hydrogen-bond acceptors (Lipinski definition) is 6. The van der Waals surface area contributed by atoms with Gasteiger partial charge in [0.15, 0.2) is 5.76 Å². The second-order valence-electron chi connectivity index (χ2n) is 5.52. The maximum Gasteiger partial charge on any atom is 0.283 e. The van der Waals surface area contributed by atoms with Crippen molar-refractivity contribution in [1.29, 1.82) is 0 Å². The quantitative estimate of drug-likeness (QED) is 0.609. The molecule has 7 nitrogen and oxygen atoms in total. The molecule has 3 aromatic heterocycles. The third kappa shape index (κ3) is 4.26. The minimum Gasteiger partial charge on any atom is -0.462 e. The van der Waals surface area contributed by atoms with E-state index in [9.17, 15) is 4.79 Å². The first kappa shape index (κ1) is 16.8. The number of carbonyl (C=O) groups excluding carboxylic acids is 1. The zero-order valence-corrected chi connectivity index (χ0v) is 14.1. The lowest BCUT2D eigenvalue weighted by Gasteiger charge is -2.18. The molecule has 0 spiro atoms. The van der Waals surface area contributed by atoms with E-state index in [2.05, 4.69) is 10.2 Å². The van der Waals surface area contributed by atoms with E-state index in [0.717, 1.165) is 12.2 Å². The average Bonchev–Trinajstić information content (AvgIpc) is 3.33. The van der Waals surface area contributed by atoms with Crippen LogP contribution < -0.4 is 0 Å². The Morgan fingerprint density at radius 1 is 1.24 bits per heavy atom. The molecule has 0 aromatic carbocycles. The zero-order valence-electron chi connectivity index (χ0n) is 14.1. The van der Waals surface area contributed by atoms with E-state index in [1.165, 1.54) is 12.3 Å². The first-order valence-electron chi connectivity index (χ1n) is 8.05. The second kappa shape index (κ2) is 7.65. The molecule has 0 radical (unpaired) electrons. The highest BCUT2D eigenvalue weighted by atomic mass is 16.4. The number of aromatic nitrogens is 2. The Morgan fingerprint density at radius 3 is 2.80 bits per heavy atom. The van der Waals surface area contributed by atoms with E-state index in [-0.39, 0.29) is 12.5 Å². The molecule has 0 saturated heterocycles. The van der Waals surface area contributed by atoms with E-state index < -0.39 is 0 Å². The fourth-order valence-corrected chi connectivity index (χ4v) is 2.32. The summed E-state index contributed by atoms with van der Waals surface area (Å²) in [6.45, 7) is 4.68. The molecule has 3 rings (SSSR count). The number of aryl methyl sites for hydroxylation is 1. The Kier molecular flexibility index (Phi) is 5.13. The standard InChI is InChI=1S/C18H19N3O4/c1-3-10-21(17(22)9-8-14-7-6-13(2)24-14)12-16-19-20-18(25-16)15-5-4-11-23-15/h4-9,11H,3,10,12H2,1-2H3/b9-8+. The summed E-state index contributed by atoms with van der Waals surface area (Å²) in [7, 11) is 0. The summed E-state index contributed by atoms with van der Waals surface area (Å²) in [5.41, 5.74) is 0. The SMILES string of the molecule is CCCN(Cc1nnc(-c2ccco2)o1)C(=O)/C=C/c1ccc(C)o1. The highest BCUT2D eigenvalue weighted by molar-refractivity contribution is 5.91. The molecule has 0 fully saturated rings. The molecule has 0 aliphatic rings. The average molecular weight is 341 g/mol. The van der Waals surface area contributed by atoms with E-state index in [0.29, 0.717) is 29.8 Å². The normalized spacial score (nSPS) is 11.3. The Bertz CT molecular complexity index is 845. The maximum atomic E-state index is 12.4. The van der Waals surface area contributed by atoms with Gasteiger partial charge in [0.2, 0.25) is 11.8 Å². The van der Waals surface area contributed by atoms with Gasteiger partial charge >= 0.3 is 0 Å².